The molecule has 3 nitrogen and oxygen atoms in total. The van der Waals surface area contributed by atoms with Crippen molar-refractivity contribution in [1.82, 2.24) is 4.98 Å². The normalized spacial score (nSPS) is 11.4. The van der Waals surface area contributed by atoms with Crippen LogP contribution in [-0.4, -0.2) is 11.3 Å². The average Bonchev–Trinajstić information content (AvgIpc) is 1.96. The van der Waals surface area contributed by atoms with Crippen LogP contribution in [0.15, 0.2) is 17.1 Å². The summed E-state index contributed by atoms with van der Waals surface area (Å²) in [5, 5.41) is 0. The Bertz CT molecular complexity index is 355. The molecule has 0 spiro atoms. The lowest BCUT2D eigenvalue weighted by molar-refractivity contribution is -0.276. The summed E-state index contributed by atoms with van der Waals surface area (Å²) in [7, 11) is 0. The number of aromatic nitrogens is 1. The Balaban J connectivity index is 3.03. The van der Waals surface area contributed by atoms with Gasteiger partial charge in [0.25, 0.3) is 0 Å². The summed E-state index contributed by atoms with van der Waals surface area (Å²) in [5.74, 6) is -0.569. The van der Waals surface area contributed by atoms with Crippen molar-refractivity contribution in [3.63, 3.8) is 0 Å². The van der Waals surface area contributed by atoms with E-state index in [0.29, 0.717) is 0 Å². The van der Waals surface area contributed by atoms with E-state index in [0.717, 1.165) is 12.3 Å². The number of hydrogen-bond acceptors (Lipinski definition) is 2. The van der Waals surface area contributed by atoms with Crippen LogP contribution < -0.4 is 10.2 Å². The van der Waals surface area contributed by atoms with Crippen LogP contribution in [0.4, 0.5) is 13.2 Å². The predicted molar refractivity (Wildman–Crippen MR) is 38.5 cm³/mol. The van der Waals surface area contributed by atoms with Crippen LogP contribution >= 0.6 is 0 Å². The van der Waals surface area contributed by atoms with Crippen LogP contribution in [-0.2, 0) is 0 Å². The highest BCUT2D eigenvalue weighted by Crippen LogP contribution is 2.21. The molecular formula is C7H6F3NO2. The molecule has 0 fully saturated rings. The fourth-order valence-corrected chi connectivity index (χ4v) is 0.760. The molecule has 1 rings (SSSR count). The van der Waals surface area contributed by atoms with Crippen LogP contribution in [0.3, 0.4) is 0 Å². The molecule has 0 saturated carbocycles. The van der Waals surface area contributed by atoms with Crippen molar-refractivity contribution < 1.29 is 17.9 Å². The van der Waals surface area contributed by atoms with Crippen molar-refractivity contribution in [3.8, 4) is 5.88 Å². The molecule has 0 aromatic carbocycles. The smallest absolute Gasteiger partial charge is 0.390 e. The Kier molecular flexibility index (Phi) is 2.31. The van der Waals surface area contributed by atoms with Crippen LogP contribution in [0.5, 0.6) is 5.88 Å². The Hall–Kier alpha value is -1.46. The molecular weight excluding hydrogens is 187 g/mol. The van der Waals surface area contributed by atoms with Gasteiger partial charge in [0.1, 0.15) is 0 Å². The first-order chi connectivity index (χ1) is 5.90. The quantitative estimate of drug-likeness (QED) is 0.735. The van der Waals surface area contributed by atoms with Crippen molar-refractivity contribution in [1.29, 1.82) is 0 Å². The van der Waals surface area contributed by atoms with Crippen molar-refractivity contribution >= 4 is 0 Å². The molecule has 1 N–H and O–H groups in total. The minimum atomic E-state index is -4.78. The van der Waals surface area contributed by atoms with Crippen LogP contribution in [0.2, 0.25) is 0 Å². The fourth-order valence-electron chi connectivity index (χ4n) is 0.760. The van der Waals surface area contributed by atoms with Crippen molar-refractivity contribution in [2.24, 2.45) is 0 Å². The number of ether oxygens (including phenoxy) is 1. The molecule has 0 amide bonds. The third kappa shape index (κ3) is 2.50. The zero-order valence-corrected chi connectivity index (χ0v) is 6.61. The molecule has 0 atom stereocenters. The van der Waals surface area contributed by atoms with E-state index in [1.165, 1.54) is 6.92 Å². The maximum absolute atomic E-state index is 11.7. The lowest BCUT2D eigenvalue weighted by atomic mass is 10.3. The minimum Gasteiger partial charge on any atom is -0.390 e. The summed E-state index contributed by atoms with van der Waals surface area (Å²) in [4.78, 5) is 13.1. The Morgan fingerprint density at radius 2 is 2.08 bits per heavy atom. The van der Waals surface area contributed by atoms with E-state index in [-0.39, 0.29) is 5.56 Å². The third-order valence-corrected chi connectivity index (χ3v) is 1.38. The number of nitrogens with one attached hydrogen (secondary N) is 1. The van der Waals surface area contributed by atoms with Gasteiger partial charge >= 0.3 is 6.36 Å². The van der Waals surface area contributed by atoms with Crippen molar-refractivity contribution in [3.05, 3.63) is 28.0 Å². The van der Waals surface area contributed by atoms with Gasteiger partial charge in [-0.3, -0.25) is 4.79 Å². The molecule has 13 heavy (non-hydrogen) atoms. The van der Waals surface area contributed by atoms with Crippen LogP contribution in [0.1, 0.15) is 5.56 Å². The van der Waals surface area contributed by atoms with E-state index in [4.69, 9.17) is 0 Å². The van der Waals surface area contributed by atoms with Gasteiger partial charge in [-0.2, -0.15) is 0 Å². The zero-order valence-electron chi connectivity index (χ0n) is 6.61. The molecule has 72 valence electrons. The maximum atomic E-state index is 11.7. The number of hydrogen-bond donors (Lipinski definition) is 1. The van der Waals surface area contributed by atoms with Gasteiger partial charge in [0.05, 0.1) is 5.56 Å². The first kappa shape index (κ1) is 9.63. The van der Waals surface area contributed by atoms with Crippen molar-refractivity contribution in [2.45, 2.75) is 13.3 Å². The average molecular weight is 193 g/mol. The lowest BCUT2D eigenvalue weighted by Gasteiger charge is -2.09. The minimum absolute atomic E-state index is 0.0974. The highest BCUT2D eigenvalue weighted by molar-refractivity contribution is 5.23. The van der Waals surface area contributed by atoms with Gasteiger partial charge in [0.15, 0.2) is 5.43 Å². The molecule has 0 radical (unpaired) electrons. The predicted octanol–water partition coefficient (Wildman–Crippen LogP) is 1.58. The summed E-state index contributed by atoms with van der Waals surface area (Å²) >= 11 is 0. The number of pyridine rings is 1. The summed E-state index contributed by atoms with van der Waals surface area (Å²) in [6.07, 6.45) is -3.69. The highest BCUT2D eigenvalue weighted by Gasteiger charge is 2.32. The number of rotatable bonds is 1. The summed E-state index contributed by atoms with van der Waals surface area (Å²) in [5.41, 5.74) is -0.599. The van der Waals surface area contributed by atoms with E-state index < -0.39 is 17.7 Å². The molecule has 1 aromatic rings. The number of alkyl halides is 3. The first-order valence-electron chi connectivity index (χ1n) is 3.34. The van der Waals surface area contributed by atoms with E-state index in [1.807, 2.05) is 0 Å². The molecule has 0 bridgehead atoms. The number of halogens is 3. The second kappa shape index (κ2) is 3.12. The standard InChI is InChI=1S/C7H6F3NO2/c1-4-5(12)2-3-11-6(4)13-7(8,9)10/h2-3H,1H3,(H,11,12). The van der Waals surface area contributed by atoms with E-state index in [9.17, 15) is 18.0 Å². The van der Waals surface area contributed by atoms with Gasteiger partial charge in [-0.25, -0.2) is 0 Å². The monoisotopic (exact) mass is 193 g/mol. The third-order valence-electron chi connectivity index (χ3n) is 1.38. The van der Waals surface area contributed by atoms with Gasteiger partial charge in [0, 0.05) is 12.3 Å². The number of aromatic amines is 1. The topological polar surface area (TPSA) is 42.1 Å². The lowest BCUT2D eigenvalue weighted by Crippen LogP contribution is -2.20. The second-order valence-electron chi connectivity index (χ2n) is 2.34. The van der Waals surface area contributed by atoms with Gasteiger partial charge in [0.2, 0.25) is 5.88 Å². The van der Waals surface area contributed by atoms with Gasteiger partial charge < -0.3 is 9.72 Å². The molecule has 1 heterocycles. The van der Waals surface area contributed by atoms with E-state index in [1.54, 1.807) is 0 Å². The van der Waals surface area contributed by atoms with Crippen molar-refractivity contribution in [2.75, 3.05) is 0 Å². The van der Waals surface area contributed by atoms with Crippen LogP contribution in [0, 0.1) is 6.92 Å². The molecule has 0 aliphatic rings. The van der Waals surface area contributed by atoms with E-state index in [2.05, 4.69) is 9.72 Å². The van der Waals surface area contributed by atoms with Gasteiger partial charge in [-0.05, 0) is 6.92 Å². The number of H-pyrrole nitrogens is 1. The SMILES string of the molecule is Cc1c(OC(F)(F)F)[nH]ccc1=O. The summed E-state index contributed by atoms with van der Waals surface area (Å²) < 4.78 is 38.7. The molecule has 0 aliphatic carbocycles. The Morgan fingerprint density at radius 1 is 1.46 bits per heavy atom. The van der Waals surface area contributed by atoms with E-state index >= 15 is 0 Å². The maximum Gasteiger partial charge on any atom is 0.574 e. The van der Waals surface area contributed by atoms with Gasteiger partial charge in [-0.15, -0.1) is 13.2 Å². The second-order valence-corrected chi connectivity index (χ2v) is 2.34. The zero-order chi connectivity index (χ0) is 10.1. The first-order valence-corrected chi connectivity index (χ1v) is 3.34. The molecule has 6 heteroatoms. The largest absolute Gasteiger partial charge is 0.574 e. The van der Waals surface area contributed by atoms with Crippen LogP contribution in [0.25, 0.3) is 0 Å². The summed E-state index contributed by atoms with van der Waals surface area (Å²) in [6, 6.07) is 1.12. The summed E-state index contributed by atoms with van der Waals surface area (Å²) in [6.45, 7) is 1.25. The molecule has 0 saturated heterocycles. The van der Waals surface area contributed by atoms with Gasteiger partial charge in [-0.1, -0.05) is 0 Å². The fraction of sp³-hybridized carbons (Fsp3) is 0.286. The Labute approximate surface area is 71.2 Å². The molecule has 0 aliphatic heterocycles. The Morgan fingerprint density at radius 3 is 2.62 bits per heavy atom. The molecule has 1 aromatic heterocycles. The molecule has 0 unspecified atom stereocenters. The highest BCUT2D eigenvalue weighted by atomic mass is 19.4.